The van der Waals surface area contributed by atoms with Crippen LogP contribution in [0.4, 0.5) is 13.2 Å². The van der Waals surface area contributed by atoms with E-state index in [0.717, 1.165) is 17.8 Å². The van der Waals surface area contributed by atoms with Crippen LogP contribution in [0, 0.1) is 17.1 Å². The molecule has 2 heterocycles. The smallest absolute Gasteiger partial charge is 0.314 e. The molecule has 4 rings (SSSR count). The Bertz CT molecular complexity index is 1740. The predicted octanol–water partition coefficient (Wildman–Crippen LogP) is 4.95. The van der Waals surface area contributed by atoms with Gasteiger partial charge in [0.05, 0.1) is 30.1 Å². The normalized spacial score (nSPS) is 11.2. The van der Waals surface area contributed by atoms with E-state index in [9.17, 15) is 22.8 Å². The van der Waals surface area contributed by atoms with E-state index in [-0.39, 0.29) is 35.1 Å². The van der Waals surface area contributed by atoms with E-state index in [1.54, 1.807) is 6.07 Å². The van der Waals surface area contributed by atoms with Crippen molar-refractivity contribution in [1.29, 1.82) is 5.26 Å². The molecule has 0 saturated carbocycles. The van der Waals surface area contributed by atoms with Crippen LogP contribution in [-0.2, 0) is 19.1 Å². The molecule has 2 aromatic carbocycles. The van der Waals surface area contributed by atoms with Crippen molar-refractivity contribution in [2.75, 3.05) is 0 Å². The minimum Gasteiger partial charge on any atom is -0.481 e. The van der Waals surface area contributed by atoms with E-state index in [0.29, 0.717) is 11.1 Å². The molecule has 2 aromatic heterocycles. The maximum absolute atomic E-state index is 14.9. The first-order valence-electron chi connectivity index (χ1n) is 11.3. The van der Waals surface area contributed by atoms with Crippen molar-refractivity contribution in [2.45, 2.75) is 26.0 Å². The molecule has 1 N–H and O–H groups in total. The lowest BCUT2D eigenvalue weighted by Gasteiger charge is -2.20. The van der Waals surface area contributed by atoms with Gasteiger partial charge >= 0.3 is 5.92 Å². The van der Waals surface area contributed by atoms with E-state index in [1.165, 1.54) is 42.6 Å². The Kier molecular flexibility index (Phi) is 7.69. The van der Waals surface area contributed by atoms with Crippen LogP contribution in [0.15, 0.2) is 76.7 Å². The van der Waals surface area contributed by atoms with Crippen LogP contribution in [0.25, 0.3) is 11.4 Å². The van der Waals surface area contributed by atoms with Crippen LogP contribution in [-0.4, -0.2) is 19.5 Å². The summed E-state index contributed by atoms with van der Waals surface area (Å²) in [5.41, 5.74) is -2.22. The van der Waals surface area contributed by atoms with Crippen LogP contribution < -0.4 is 15.9 Å². The number of benzene rings is 2. The maximum atomic E-state index is 14.9. The third kappa shape index (κ3) is 5.91. The van der Waals surface area contributed by atoms with Gasteiger partial charge in [-0.05, 0) is 48.4 Å². The largest absolute Gasteiger partial charge is 0.481 e. The molecule has 0 bridgehead atoms. The Balaban J connectivity index is 1.71. The lowest BCUT2D eigenvalue weighted by Crippen LogP contribution is -2.30. The summed E-state index contributed by atoms with van der Waals surface area (Å²) in [4.78, 5) is 36.4. The standard InChI is InChI=1S/C27H19ClF3N5O3/c1-15(2)27(30,31)23-22(39-13-17-6-16(10-32)7-20(28)8-17)26(38)36(14-34-23)12-19-11-33-24(35-25(19)37)18-4-3-5-21(29)9-18/h3-9,11,14H,1,12-13H2,2H3,(H,33,35,37). The van der Waals surface area contributed by atoms with Crippen molar-refractivity contribution in [3.05, 3.63) is 121 Å². The van der Waals surface area contributed by atoms with Gasteiger partial charge < -0.3 is 9.72 Å². The molecule has 0 unspecified atom stereocenters. The summed E-state index contributed by atoms with van der Waals surface area (Å²) >= 11 is 6.00. The number of rotatable bonds is 8. The first-order chi connectivity index (χ1) is 18.5. The summed E-state index contributed by atoms with van der Waals surface area (Å²) < 4.78 is 49.9. The van der Waals surface area contributed by atoms with Gasteiger partial charge in [-0.1, -0.05) is 30.3 Å². The van der Waals surface area contributed by atoms with E-state index in [1.807, 2.05) is 6.07 Å². The zero-order valence-corrected chi connectivity index (χ0v) is 21.1. The zero-order chi connectivity index (χ0) is 28.3. The molecule has 0 radical (unpaired) electrons. The van der Waals surface area contributed by atoms with E-state index >= 15 is 0 Å². The minimum absolute atomic E-state index is 0.0120. The Labute approximate surface area is 224 Å². The number of hydrogen-bond acceptors (Lipinski definition) is 6. The lowest BCUT2D eigenvalue weighted by molar-refractivity contribution is 0.0292. The average Bonchev–Trinajstić information content (AvgIpc) is 2.89. The van der Waals surface area contributed by atoms with Crippen molar-refractivity contribution >= 4 is 11.6 Å². The predicted molar refractivity (Wildman–Crippen MR) is 137 cm³/mol. The van der Waals surface area contributed by atoms with Crippen LogP contribution >= 0.6 is 11.6 Å². The second-order valence-corrected chi connectivity index (χ2v) is 8.99. The summed E-state index contributed by atoms with van der Waals surface area (Å²) in [6.07, 6.45) is 2.06. The Morgan fingerprint density at radius 2 is 2.00 bits per heavy atom. The average molecular weight is 554 g/mol. The van der Waals surface area contributed by atoms with Gasteiger partial charge in [0.1, 0.15) is 18.2 Å². The molecule has 0 fully saturated rings. The van der Waals surface area contributed by atoms with Crippen molar-refractivity contribution in [3.8, 4) is 23.2 Å². The summed E-state index contributed by atoms with van der Waals surface area (Å²) in [6.45, 7) is 3.62. The number of nitriles is 1. The number of halogens is 4. The molecule has 0 aliphatic heterocycles. The van der Waals surface area contributed by atoms with Crippen molar-refractivity contribution in [1.82, 2.24) is 19.5 Å². The highest BCUT2D eigenvalue weighted by molar-refractivity contribution is 6.30. The molecule has 39 heavy (non-hydrogen) atoms. The molecule has 0 spiro atoms. The topological polar surface area (TPSA) is 114 Å². The first kappa shape index (κ1) is 27.3. The molecule has 8 nitrogen and oxygen atoms in total. The summed E-state index contributed by atoms with van der Waals surface area (Å²) in [5.74, 6) is -4.87. The molecule has 0 amide bonds. The number of aromatic amines is 1. The molecular formula is C27H19ClF3N5O3. The monoisotopic (exact) mass is 553 g/mol. The highest BCUT2D eigenvalue weighted by Crippen LogP contribution is 2.37. The second-order valence-electron chi connectivity index (χ2n) is 8.56. The van der Waals surface area contributed by atoms with Crippen LogP contribution in [0.2, 0.25) is 5.02 Å². The number of nitrogens with zero attached hydrogens (tertiary/aromatic N) is 4. The number of ether oxygens (including phenoxy) is 1. The molecule has 4 aromatic rings. The third-order valence-electron chi connectivity index (χ3n) is 5.61. The van der Waals surface area contributed by atoms with Gasteiger partial charge in [0.2, 0.25) is 5.75 Å². The Hall–Kier alpha value is -4.69. The maximum Gasteiger partial charge on any atom is 0.314 e. The molecule has 0 aliphatic rings. The number of allylic oxidation sites excluding steroid dienone is 1. The summed E-state index contributed by atoms with van der Waals surface area (Å²) in [6, 6.07) is 11.7. The lowest BCUT2D eigenvalue weighted by atomic mass is 10.1. The minimum atomic E-state index is -3.70. The van der Waals surface area contributed by atoms with Gasteiger partial charge in [-0.2, -0.15) is 14.0 Å². The number of alkyl halides is 2. The van der Waals surface area contributed by atoms with Crippen molar-refractivity contribution in [3.63, 3.8) is 0 Å². The van der Waals surface area contributed by atoms with Gasteiger partial charge in [-0.3, -0.25) is 14.2 Å². The molecule has 0 saturated heterocycles. The summed E-state index contributed by atoms with van der Waals surface area (Å²) in [7, 11) is 0. The van der Waals surface area contributed by atoms with Gasteiger partial charge in [-0.25, -0.2) is 14.4 Å². The quantitative estimate of drug-likeness (QED) is 0.309. The SMILES string of the molecule is C=C(C)C(F)(F)c1ncn(Cc2cnc(-c3cccc(F)c3)[nH]c2=O)c(=O)c1OCc1cc(Cl)cc(C#N)c1. The van der Waals surface area contributed by atoms with Crippen molar-refractivity contribution in [2.24, 2.45) is 0 Å². The van der Waals surface area contributed by atoms with Crippen molar-refractivity contribution < 1.29 is 17.9 Å². The summed E-state index contributed by atoms with van der Waals surface area (Å²) in [5, 5.41) is 9.37. The fourth-order valence-electron chi connectivity index (χ4n) is 3.59. The molecule has 0 atom stereocenters. The van der Waals surface area contributed by atoms with Gasteiger partial charge in [-0.15, -0.1) is 0 Å². The second kappa shape index (κ2) is 11.0. The fourth-order valence-corrected chi connectivity index (χ4v) is 3.85. The van der Waals surface area contributed by atoms with E-state index in [4.69, 9.17) is 21.6 Å². The van der Waals surface area contributed by atoms with Gasteiger partial charge in [0, 0.05) is 16.8 Å². The Morgan fingerprint density at radius 3 is 2.67 bits per heavy atom. The van der Waals surface area contributed by atoms with Crippen LogP contribution in [0.3, 0.4) is 0 Å². The third-order valence-corrected chi connectivity index (χ3v) is 5.83. The van der Waals surface area contributed by atoms with E-state index < -0.39 is 39.9 Å². The highest BCUT2D eigenvalue weighted by Gasteiger charge is 2.39. The molecular weight excluding hydrogens is 535 g/mol. The van der Waals surface area contributed by atoms with Crippen LogP contribution in [0.1, 0.15) is 29.3 Å². The first-order valence-corrected chi connectivity index (χ1v) is 11.7. The van der Waals surface area contributed by atoms with Gasteiger partial charge in [0.25, 0.3) is 11.1 Å². The van der Waals surface area contributed by atoms with Gasteiger partial charge in [0.15, 0.2) is 5.69 Å². The highest BCUT2D eigenvalue weighted by atomic mass is 35.5. The molecule has 12 heteroatoms. The number of nitrogens with one attached hydrogen (secondary N) is 1. The van der Waals surface area contributed by atoms with E-state index in [2.05, 4.69) is 21.5 Å². The number of H-pyrrole nitrogens is 1. The Morgan fingerprint density at radius 1 is 1.23 bits per heavy atom. The molecule has 198 valence electrons. The zero-order valence-electron chi connectivity index (χ0n) is 20.3. The number of aromatic nitrogens is 4. The molecule has 0 aliphatic carbocycles. The fraction of sp³-hybridized carbons (Fsp3) is 0.148. The van der Waals surface area contributed by atoms with Crippen LogP contribution in [0.5, 0.6) is 5.75 Å². The number of hydrogen-bond donors (Lipinski definition) is 1.